The minimum Gasteiger partial charge on any atom is -0.411 e. The molecule has 1 N–H and O–H groups in total. The van der Waals surface area contributed by atoms with Gasteiger partial charge in [0.1, 0.15) is 0 Å². The number of carbonyl (C=O) groups is 1. The predicted molar refractivity (Wildman–Crippen MR) is 69.4 cm³/mol. The average molecular weight is 295 g/mol. The highest BCUT2D eigenvalue weighted by Gasteiger charge is 2.16. The molecule has 0 spiro atoms. The zero-order valence-electron chi connectivity index (χ0n) is 10.7. The Labute approximate surface area is 115 Å². The normalized spacial score (nSPS) is 11.2. The Kier molecular flexibility index (Phi) is 4.14. The molecule has 20 heavy (non-hydrogen) atoms. The van der Waals surface area contributed by atoms with Gasteiger partial charge < -0.3 is 9.73 Å². The molecular formula is C12H13N3O4S. The van der Waals surface area contributed by atoms with E-state index >= 15 is 0 Å². The van der Waals surface area contributed by atoms with Crippen LogP contribution in [0.25, 0.3) is 0 Å². The van der Waals surface area contributed by atoms with Gasteiger partial charge in [0.15, 0.2) is 0 Å². The van der Waals surface area contributed by atoms with Crippen molar-refractivity contribution in [2.75, 3.05) is 6.26 Å². The number of nitrogens with zero attached hydrogens (tertiary/aromatic N) is 2. The van der Waals surface area contributed by atoms with E-state index in [9.17, 15) is 13.2 Å². The molecule has 1 amide bonds. The lowest BCUT2D eigenvalue weighted by atomic mass is 10.1. The van der Waals surface area contributed by atoms with E-state index in [1.165, 1.54) is 0 Å². The van der Waals surface area contributed by atoms with Gasteiger partial charge >= 0.3 is 5.22 Å². The van der Waals surface area contributed by atoms with E-state index in [0.717, 1.165) is 11.8 Å². The van der Waals surface area contributed by atoms with Crippen LogP contribution >= 0.6 is 0 Å². The maximum absolute atomic E-state index is 11.7. The molecule has 0 atom stereocenters. The number of sulfone groups is 1. The molecule has 7 nitrogen and oxygen atoms in total. The van der Waals surface area contributed by atoms with E-state index in [1.807, 2.05) is 30.3 Å². The largest absolute Gasteiger partial charge is 0.411 e. The first-order valence-electron chi connectivity index (χ1n) is 5.78. The Hall–Kier alpha value is -2.22. The summed E-state index contributed by atoms with van der Waals surface area (Å²) in [5, 5.41) is 9.07. The third-order valence-electron chi connectivity index (χ3n) is 2.41. The second-order valence-electron chi connectivity index (χ2n) is 4.17. The van der Waals surface area contributed by atoms with Gasteiger partial charge in [-0.1, -0.05) is 35.4 Å². The monoisotopic (exact) mass is 295 g/mol. The summed E-state index contributed by atoms with van der Waals surface area (Å²) in [4.78, 5) is 11.7. The summed E-state index contributed by atoms with van der Waals surface area (Å²) in [5.41, 5.74) is 0.882. The highest BCUT2D eigenvalue weighted by atomic mass is 32.2. The molecule has 8 heteroatoms. The van der Waals surface area contributed by atoms with E-state index in [-0.39, 0.29) is 24.8 Å². The van der Waals surface area contributed by atoms with Gasteiger partial charge in [-0.15, -0.1) is 5.10 Å². The molecule has 0 aliphatic rings. The van der Waals surface area contributed by atoms with Crippen molar-refractivity contribution in [3.8, 4) is 0 Å². The second kappa shape index (κ2) is 5.83. The molecule has 106 valence electrons. The van der Waals surface area contributed by atoms with Crippen LogP contribution in [0, 0.1) is 0 Å². The number of benzene rings is 1. The third-order valence-corrected chi connectivity index (χ3v) is 3.21. The fourth-order valence-electron chi connectivity index (χ4n) is 1.48. The molecule has 0 saturated heterocycles. The van der Waals surface area contributed by atoms with E-state index in [1.54, 1.807) is 0 Å². The molecule has 1 aromatic heterocycles. The molecule has 0 aliphatic carbocycles. The van der Waals surface area contributed by atoms with Gasteiger partial charge in [0.25, 0.3) is 0 Å². The molecule has 1 aromatic carbocycles. The van der Waals surface area contributed by atoms with Crippen LogP contribution in [0.15, 0.2) is 40.0 Å². The molecule has 0 unspecified atom stereocenters. The predicted octanol–water partition coefficient (Wildman–Crippen LogP) is 0.332. The first-order chi connectivity index (χ1) is 9.45. The highest BCUT2D eigenvalue weighted by Crippen LogP contribution is 2.06. The van der Waals surface area contributed by atoms with Gasteiger partial charge in [0.2, 0.25) is 21.6 Å². The van der Waals surface area contributed by atoms with Crippen LogP contribution < -0.4 is 5.32 Å². The lowest BCUT2D eigenvalue weighted by Gasteiger charge is -2.02. The van der Waals surface area contributed by atoms with Gasteiger partial charge in [-0.2, -0.15) is 0 Å². The lowest BCUT2D eigenvalue weighted by Crippen LogP contribution is -2.24. The molecule has 1 heterocycles. The number of hydrogen-bond donors (Lipinski definition) is 1. The van der Waals surface area contributed by atoms with E-state index in [2.05, 4.69) is 15.5 Å². The molecule has 2 aromatic rings. The van der Waals surface area contributed by atoms with E-state index < -0.39 is 15.1 Å². The van der Waals surface area contributed by atoms with Crippen molar-refractivity contribution in [1.29, 1.82) is 0 Å². The first-order valence-corrected chi connectivity index (χ1v) is 7.67. The quantitative estimate of drug-likeness (QED) is 0.853. The Morgan fingerprint density at radius 1 is 1.25 bits per heavy atom. The summed E-state index contributed by atoms with van der Waals surface area (Å²) in [6, 6.07) is 9.24. The maximum Gasteiger partial charge on any atom is 0.335 e. The van der Waals surface area contributed by atoms with Gasteiger partial charge in [-0.05, 0) is 5.56 Å². The standard InChI is InChI=1S/C12H13N3O4S/c1-20(17,18)12-15-14-11(19-12)8-13-10(16)7-9-5-3-2-4-6-9/h2-6H,7-8H2,1H3,(H,13,16). The fourth-order valence-corrected chi connectivity index (χ4v) is 1.91. The van der Waals surface area contributed by atoms with Gasteiger partial charge in [-0.3, -0.25) is 4.79 Å². The zero-order valence-corrected chi connectivity index (χ0v) is 11.6. The molecule has 0 radical (unpaired) electrons. The van der Waals surface area contributed by atoms with Crippen molar-refractivity contribution in [2.45, 2.75) is 18.2 Å². The van der Waals surface area contributed by atoms with E-state index in [0.29, 0.717) is 0 Å². The average Bonchev–Trinajstić information content (AvgIpc) is 2.86. The van der Waals surface area contributed by atoms with Crippen LogP contribution in [0.4, 0.5) is 0 Å². The van der Waals surface area contributed by atoms with Crippen LogP contribution in [0.2, 0.25) is 0 Å². The number of hydrogen-bond acceptors (Lipinski definition) is 6. The van der Waals surface area contributed by atoms with Crippen LogP contribution in [0.1, 0.15) is 11.5 Å². The molecule has 0 bridgehead atoms. The van der Waals surface area contributed by atoms with Crippen molar-refractivity contribution in [3.05, 3.63) is 41.8 Å². The molecule has 0 fully saturated rings. The number of nitrogens with one attached hydrogen (secondary N) is 1. The zero-order chi connectivity index (χ0) is 14.6. The van der Waals surface area contributed by atoms with Crippen molar-refractivity contribution in [1.82, 2.24) is 15.5 Å². The summed E-state index contributed by atoms with van der Waals surface area (Å²) < 4.78 is 27.2. The van der Waals surface area contributed by atoms with Crippen LogP contribution in [0.5, 0.6) is 0 Å². The van der Waals surface area contributed by atoms with Crippen LogP contribution in [-0.4, -0.2) is 30.8 Å². The maximum atomic E-state index is 11.7. The Balaban J connectivity index is 1.89. The topological polar surface area (TPSA) is 102 Å². The first kappa shape index (κ1) is 14.2. The highest BCUT2D eigenvalue weighted by molar-refractivity contribution is 7.90. The van der Waals surface area contributed by atoms with E-state index in [4.69, 9.17) is 4.42 Å². The third kappa shape index (κ3) is 3.89. The summed E-state index contributed by atoms with van der Waals surface area (Å²) in [5.74, 6) is -0.165. The van der Waals surface area contributed by atoms with Gasteiger partial charge in [0, 0.05) is 6.26 Å². The molecule has 0 aliphatic heterocycles. The van der Waals surface area contributed by atoms with Crippen molar-refractivity contribution < 1.29 is 17.6 Å². The number of rotatable bonds is 5. The smallest absolute Gasteiger partial charge is 0.335 e. The summed E-state index contributed by atoms with van der Waals surface area (Å²) in [6.07, 6.45) is 1.20. The molecule has 0 saturated carbocycles. The minimum absolute atomic E-state index is 0.00577. The van der Waals surface area contributed by atoms with Crippen molar-refractivity contribution in [3.63, 3.8) is 0 Å². The van der Waals surface area contributed by atoms with Crippen molar-refractivity contribution >= 4 is 15.7 Å². The number of amides is 1. The summed E-state index contributed by atoms with van der Waals surface area (Å²) >= 11 is 0. The Morgan fingerprint density at radius 2 is 1.95 bits per heavy atom. The SMILES string of the molecule is CS(=O)(=O)c1nnc(CNC(=O)Cc2ccccc2)o1. The minimum atomic E-state index is -3.52. The molecular weight excluding hydrogens is 282 g/mol. The fraction of sp³-hybridized carbons (Fsp3) is 0.250. The second-order valence-corrected chi connectivity index (χ2v) is 6.07. The van der Waals surface area contributed by atoms with Crippen molar-refractivity contribution in [2.24, 2.45) is 0 Å². The lowest BCUT2D eigenvalue weighted by molar-refractivity contribution is -0.120. The van der Waals surface area contributed by atoms with Gasteiger partial charge in [-0.25, -0.2) is 8.42 Å². The molecule has 2 rings (SSSR count). The Bertz CT molecular complexity index is 695. The van der Waals surface area contributed by atoms with Gasteiger partial charge in [0.05, 0.1) is 13.0 Å². The summed E-state index contributed by atoms with van der Waals surface area (Å²) in [6.45, 7) is -0.00577. The Morgan fingerprint density at radius 3 is 2.55 bits per heavy atom. The number of aromatic nitrogens is 2. The van der Waals surface area contributed by atoms with Crippen LogP contribution in [-0.2, 0) is 27.6 Å². The van der Waals surface area contributed by atoms with Crippen LogP contribution in [0.3, 0.4) is 0 Å². The summed E-state index contributed by atoms with van der Waals surface area (Å²) in [7, 11) is -3.52. The number of carbonyl (C=O) groups excluding carboxylic acids is 1.